The van der Waals surface area contributed by atoms with E-state index in [9.17, 15) is 18.3 Å². The quantitative estimate of drug-likeness (QED) is 0.696. The minimum atomic E-state index is -3.70. The van der Waals surface area contributed by atoms with Crippen LogP contribution in [0.3, 0.4) is 0 Å². The molecule has 2 rings (SSSR count). The molecule has 134 valence electrons. The molecular weight excluding hydrogens is 332 g/mol. The second kappa shape index (κ2) is 7.47. The van der Waals surface area contributed by atoms with E-state index in [2.05, 4.69) is 10.6 Å². The third-order valence-electron chi connectivity index (χ3n) is 4.23. The van der Waals surface area contributed by atoms with E-state index in [-0.39, 0.29) is 23.6 Å². The number of rotatable bonds is 5. The Bertz CT molecular complexity index is 675. The molecule has 1 aliphatic rings. The molecule has 3 N–H and O–H groups in total. The summed E-state index contributed by atoms with van der Waals surface area (Å²) in [4.78, 5) is 13.4. The molecule has 2 atom stereocenters. The van der Waals surface area contributed by atoms with Crippen molar-refractivity contribution in [1.82, 2.24) is 14.5 Å². The first-order chi connectivity index (χ1) is 11.3. The van der Waals surface area contributed by atoms with Gasteiger partial charge in [-0.2, -0.15) is 4.31 Å². The van der Waals surface area contributed by atoms with Gasteiger partial charge in [-0.3, -0.25) is 0 Å². The lowest BCUT2D eigenvalue weighted by molar-refractivity contribution is 0.212. The zero-order valence-electron chi connectivity index (χ0n) is 14.1. The van der Waals surface area contributed by atoms with Crippen LogP contribution in [0.25, 0.3) is 0 Å². The van der Waals surface area contributed by atoms with Gasteiger partial charge in [0.1, 0.15) is 0 Å². The number of hydrogen-bond acceptors (Lipinski definition) is 5. The fraction of sp³-hybridized carbons (Fsp3) is 0.533. The third-order valence-corrected chi connectivity index (χ3v) is 6.16. The van der Waals surface area contributed by atoms with Crippen molar-refractivity contribution < 1.29 is 18.3 Å². The van der Waals surface area contributed by atoms with Crippen LogP contribution in [0.4, 0.5) is 10.5 Å². The Morgan fingerprint density at radius 1 is 1.33 bits per heavy atom. The molecule has 1 aliphatic heterocycles. The summed E-state index contributed by atoms with van der Waals surface area (Å²) in [5.74, 6) is 0. The summed E-state index contributed by atoms with van der Waals surface area (Å²) in [5.41, 5.74) is 0.500. The summed E-state index contributed by atoms with van der Waals surface area (Å²) in [6, 6.07) is 5.26. The van der Waals surface area contributed by atoms with E-state index < -0.39 is 16.1 Å². The summed E-state index contributed by atoms with van der Waals surface area (Å²) in [6.07, 6.45) is 0.596. The first-order valence-electron chi connectivity index (χ1n) is 7.67. The molecule has 1 heterocycles. The van der Waals surface area contributed by atoms with Gasteiger partial charge in [0, 0.05) is 31.4 Å². The van der Waals surface area contributed by atoms with E-state index in [1.807, 2.05) is 19.0 Å². The standard InChI is InChI=1S/C15H24N4O4S/c1-16-15(21)17-11-4-6-14(7-5-11)24(22,23)19-9-12(18(2)3)8-13(19)10-20/h4-7,12-13,20H,8-10H2,1-3H3,(H2,16,17,21)/t12-,13+/m1/s1. The number of amides is 2. The van der Waals surface area contributed by atoms with E-state index in [1.165, 1.54) is 35.6 Å². The number of aliphatic hydroxyl groups is 1. The second-order valence-electron chi connectivity index (χ2n) is 5.99. The molecule has 1 fully saturated rings. The van der Waals surface area contributed by atoms with Crippen LogP contribution in [-0.4, -0.2) is 75.1 Å². The van der Waals surface area contributed by atoms with Gasteiger partial charge in [-0.1, -0.05) is 0 Å². The first-order valence-corrected chi connectivity index (χ1v) is 9.11. The molecule has 0 saturated carbocycles. The van der Waals surface area contributed by atoms with Crippen molar-refractivity contribution in [2.45, 2.75) is 23.4 Å². The lowest BCUT2D eigenvalue weighted by Gasteiger charge is -2.23. The van der Waals surface area contributed by atoms with Gasteiger partial charge in [0.05, 0.1) is 11.5 Å². The number of likely N-dealkylation sites (N-methyl/N-ethyl adjacent to an activating group) is 1. The average molecular weight is 356 g/mol. The predicted octanol–water partition coefficient (Wildman–Crippen LogP) is 0.123. The number of aliphatic hydroxyl groups excluding tert-OH is 1. The Labute approximate surface area is 142 Å². The summed E-state index contributed by atoms with van der Waals surface area (Å²) in [6.45, 7) is 0.138. The number of carbonyl (C=O) groups is 1. The highest BCUT2D eigenvalue weighted by Gasteiger charge is 2.40. The fourth-order valence-electron chi connectivity index (χ4n) is 2.74. The van der Waals surface area contributed by atoms with Crippen molar-refractivity contribution in [3.8, 4) is 0 Å². The van der Waals surface area contributed by atoms with E-state index >= 15 is 0 Å². The molecule has 0 bridgehead atoms. The van der Waals surface area contributed by atoms with Crippen LogP contribution < -0.4 is 10.6 Å². The number of sulfonamides is 1. The highest BCUT2D eigenvalue weighted by Crippen LogP contribution is 2.28. The molecule has 8 nitrogen and oxygen atoms in total. The zero-order valence-corrected chi connectivity index (χ0v) is 14.9. The van der Waals surface area contributed by atoms with Crippen LogP contribution in [0.15, 0.2) is 29.2 Å². The van der Waals surface area contributed by atoms with E-state index in [0.29, 0.717) is 18.7 Å². The van der Waals surface area contributed by atoms with Gasteiger partial charge < -0.3 is 20.6 Å². The Morgan fingerprint density at radius 3 is 2.46 bits per heavy atom. The molecule has 1 aromatic rings. The Hall–Kier alpha value is -1.68. The molecule has 0 aliphatic carbocycles. The summed E-state index contributed by atoms with van der Waals surface area (Å²) < 4.78 is 27.1. The number of nitrogens with zero attached hydrogens (tertiary/aromatic N) is 2. The molecule has 0 aromatic heterocycles. The van der Waals surface area contributed by atoms with Crippen molar-refractivity contribution in [2.24, 2.45) is 0 Å². The van der Waals surface area contributed by atoms with Crippen molar-refractivity contribution in [3.05, 3.63) is 24.3 Å². The van der Waals surface area contributed by atoms with Crippen LogP contribution >= 0.6 is 0 Å². The molecule has 0 radical (unpaired) electrons. The minimum Gasteiger partial charge on any atom is -0.395 e. The lowest BCUT2D eigenvalue weighted by Crippen LogP contribution is -2.38. The third kappa shape index (κ3) is 3.86. The molecule has 0 spiro atoms. The Kier molecular flexibility index (Phi) is 5.81. The highest BCUT2D eigenvalue weighted by molar-refractivity contribution is 7.89. The van der Waals surface area contributed by atoms with Crippen LogP contribution in [0, 0.1) is 0 Å². The van der Waals surface area contributed by atoms with Crippen molar-refractivity contribution in [2.75, 3.05) is 39.6 Å². The van der Waals surface area contributed by atoms with Gasteiger partial charge in [-0.15, -0.1) is 0 Å². The van der Waals surface area contributed by atoms with Gasteiger partial charge in [0.25, 0.3) is 0 Å². The van der Waals surface area contributed by atoms with Crippen molar-refractivity contribution >= 4 is 21.7 Å². The lowest BCUT2D eigenvalue weighted by atomic mass is 10.2. The normalized spacial score (nSPS) is 21.9. The van der Waals surface area contributed by atoms with Crippen LogP contribution in [0.2, 0.25) is 0 Å². The monoisotopic (exact) mass is 356 g/mol. The minimum absolute atomic E-state index is 0.0751. The largest absolute Gasteiger partial charge is 0.395 e. The number of benzene rings is 1. The number of nitrogens with one attached hydrogen (secondary N) is 2. The van der Waals surface area contributed by atoms with Crippen molar-refractivity contribution in [3.63, 3.8) is 0 Å². The molecule has 0 unspecified atom stereocenters. The van der Waals surface area contributed by atoms with Gasteiger partial charge >= 0.3 is 6.03 Å². The maximum Gasteiger partial charge on any atom is 0.318 e. The summed E-state index contributed by atoms with van der Waals surface area (Å²) in [7, 11) is 1.59. The van der Waals surface area contributed by atoms with Crippen LogP contribution in [0.1, 0.15) is 6.42 Å². The van der Waals surface area contributed by atoms with Crippen LogP contribution in [0.5, 0.6) is 0 Å². The number of hydrogen-bond donors (Lipinski definition) is 3. The Morgan fingerprint density at radius 2 is 1.96 bits per heavy atom. The summed E-state index contributed by atoms with van der Waals surface area (Å²) >= 11 is 0. The average Bonchev–Trinajstić information content (AvgIpc) is 3.00. The van der Waals surface area contributed by atoms with Gasteiger partial charge in [-0.25, -0.2) is 13.2 Å². The highest BCUT2D eigenvalue weighted by atomic mass is 32.2. The molecular formula is C15H24N4O4S. The summed E-state index contributed by atoms with van der Waals surface area (Å²) in [5, 5.41) is 14.5. The second-order valence-corrected chi connectivity index (χ2v) is 7.88. The SMILES string of the molecule is CNC(=O)Nc1ccc(S(=O)(=O)N2C[C@H](N(C)C)C[C@H]2CO)cc1. The number of carbonyl (C=O) groups excluding carboxylic acids is 1. The first kappa shape index (κ1) is 18.7. The predicted molar refractivity (Wildman–Crippen MR) is 91.4 cm³/mol. The number of urea groups is 1. The molecule has 1 saturated heterocycles. The zero-order chi connectivity index (χ0) is 17.9. The molecule has 1 aromatic carbocycles. The van der Waals surface area contributed by atoms with E-state index in [1.54, 1.807) is 0 Å². The van der Waals surface area contributed by atoms with Gasteiger partial charge in [0.15, 0.2) is 0 Å². The van der Waals surface area contributed by atoms with Gasteiger partial charge in [-0.05, 0) is 44.8 Å². The van der Waals surface area contributed by atoms with E-state index in [4.69, 9.17) is 0 Å². The number of anilines is 1. The van der Waals surface area contributed by atoms with Crippen molar-refractivity contribution in [1.29, 1.82) is 0 Å². The maximum atomic E-state index is 12.9. The van der Waals surface area contributed by atoms with Gasteiger partial charge in [0.2, 0.25) is 10.0 Å². The fourth-order valence-corrected chi connectivity index (χ4v) is 4.40. The Balaban J connectivity index is 2.21. The van der Waals surface area contributed by atoms with E-state index in [0.717, 1.165) is 0 Å². The smallest absolute Gasteiger partial charge is 0.318 e. The molecule has 2 amide bonds. The molecule has 24 heavy (non-hydrogen) atoms. The topological polar surface area (TPSA) is 102 Å². The molecule has 9 heteroatoms. The van der Waals surface area contributed by atoms with Crippen LogP contribution in [-0.2, 0) is 10.0 Å². The maximum absolute atomic E-state index is 12.9.